The summed E-state index contributed by atoms with van der Waals surface area (Å²) in [4.78, 5) is 58.1. The molecule has 0 fully saturated rings. The third kappa shape index (κ3) is 21.3. The van der Waals surface area contributed by atoms with E-state index in [0.717, 1.165) is 0 Å². The maximum atomic E-state index is 9.77. The Bertz CT molecular complexity index is 501. The molecule has 0 spiro atoms. The van der Waals surface area contributed by atoms with Gasteiger partial charge in [-0.15, -0.1) is 0 Å². The van der Waals surface area contributed by atoms with Crippen LogP contribution in [-0.2, 0) is 28.8 Å². The molecule has 0 aromatic heterocycles. The summed E-state index contributed by atoms with van der Waals surface area (Å²) in [7, 11) is 0. The predicted octanol–water partition coefficient (Wildman–Crippen LogP) is -15.9. The summed E-state index contributed by atoms with van der Waals surface area (Å²) in [5.41, 5.74) is 0. The van der Waals surface area contributed by atoms with Gasteiger partial charge >= 0.3 is 87.8 Å². The van der Waals surface area contributed by atoms with E-state index in [1.165, 1.54) is 0 Å². The Morgan fingerprint density at radius 1 is 0.455 bits per heavy atom. The van der Waals surface area contributed by atoms with Crippen LogP contribution in [0.2, 0.25) is 0 Å². The third-order valence-corrected chi connectivity index (χ3v) is 2.37. The van der Waals surface area contributed by atoms with Gasteiger partial charge in [-0.05, 0) is 0 Å². The molecule has 6 unspecified atom stereocenters. The zero-order valence-corrected chi connectivity index (χ0v) is 21.7. The first-order valence-electron chi connectivity index (χ1n) is 6.77. The van der Waals surface area contributed by atoms with Gasteiger partial charge in [0.15, 0.2) is 12.2 Å². The topological polar surface area (TPSA) is 388 Å². The SMILES string of the molecule is O.O=C(O)C(O)C(O)C(=O)O.O=C([O-])C(O)C(O)C(=O)[O-].O=C([O-])C(O)C(O)C(=O)[O-].[K+].[Sb+3]. The molecule has 0 aliphatic carbocycles. The molecule has 184 valence electrons. The van der Waals surface area contributed by atoms with E-state index in [1.807, 2.05) is 0 Å². The van der Waals surface area contributed by atoms with Crippen molar-refractivity contribution in [1.82, 2.24) is 0 Å². The smallest absolute Gasteiger partial charge is 0.547 e. The molecule has 33 heavy (non-hydrogen) atoms. The molecular formula is C12H16KO19Sb. The average Bonchev–Trinajstić information content (AvgIpc) is 2.64. The van der Waals surface area contributed by atoms with Crippen molar-refractivity contribution in [2.24, 2.45) is 0 Å². The Morgan fingerprint density at radius 3 is 0.636 bits per heavy atom. The monoisotopic (exact) mass is 624 g/mol. The van der Waals surface area contributed by atoms with Gasteiger partial charge in [0.05, 0.1) is 23.9 Å². The van der Waals surface area contributed by atoms with Crippen molar-refractivity contribution in [1.29, 1.82) is 0 Å². The van der Waals surface area contributed by atoms with E-state index < -0.39 is 72.4 Å². The van der Waals surface area contributed by atoms with Crippen LogP contribution in [0.1, 0.15) is 0 Å². The van der Waals surface area contributed by atoms with E-state index in [1.54, 1.807) is 0 Å². The second-order valence-corrected chi connectivity index (χ2v) is 4.62. The molecule has 0 aromatic rings. The number of carboxylic acid groups (broad SMARTS) is 6. The van der Waals surface area contributed by atoms with Crippen LogP contribution in [0.3, 0.4) is 0 Å². The molecule has 0 bridgehead atoms. The summed E-state index contributed by atoms with van der Waals surface area (Å²) in [6.07, 6.45) is -14.3. The van der Waals surface area contributed by atoms with Gasteiger partial charge in [-0.2, -0.15) is 0 Å². The van der Waals surface area contributed by atoms with Gasteiger partial charge in [0, 0.05) is 0 Å². The molecule has 19 nitrogen and oxygen atoms in total. The summed E-state index contributed by atoms with van der Waals surface area (Å²) in [5, 5.41) is 104. The van der Waals surface area contributed by atoms with Crippen LogP contribution in [0.4, 0.5) is 0 Å². The molecule has 0 aliphatic rings. The van der Waals surface area contributed by atoms with Gasteiger partial charge < -0.3 is 85.9 Å². The fourth-order valence-corrected chi connectivity index (χ4v) is 0.786. The zero-order valence-electron chi connectivity index (χ0n) is 16.1. The molecule has 21 heteroatoms. The number of carbonyl (C=O) groups excluding carboxylic acids is 4. The Hall–Kier alpha value is -1.01. The van der Waals surface area contributed by atoms with Crippen molar-refractivity contribution < 1.29 is 147 Å². The minimum atomic E-state index is -2.44. The number of aliphatic hydroxyl groups excluding tert-OH is 6. The minimum Gasteiger partial charge on any atom is -0.547 e. The number of carboxylic acids is 6. The molecule has 0 amide bonds. The Balaban J connectivity index is -0.0000000792. The molecule has 0 saturated heterocycles. The van der Waals surface area contributed by atoms with Crippen LogP contribution in [0, 0.1) is 0 Å². The summed E-state index contributed by atoms with van der Waals surface area (Å²) >= 11 is 0. The molecule has 10 N–H and O–H groups in total. The first-order chi connectivity index (χ1) is 13.4. The van der Waals surface area contributed by atoms with Gasteiger partial charge in [0.1, 0.15) is 24.4 Å². The Kier molecular flexibility index (Phi) is 31.4. The molecule has 0 aromatic carbocycles. The Morgan fingerprint density at radius 2 is 0.576 bits per heavy atom. The normalized spacial score (nSPS) is 14.4. The molecular weight excluding hydrogens is 609 g/mol. The van der Waals surface area contributed by atoms with Gasteiger partial charge in [-0.3, -0.25) is 0 Å². The van der Waals surface area contributed by atoms with Crippen molar-refractivity contribution in [2.75, 3.05) is 0 Å². The van der Waals surface area contributed by atoms with Gasteiger partial charge in [-0.25, -0.2) is 9.59 Å². The van der Waals surface area contributed by atoms with Crippen LogP contribution in [0.5, 0.6) is 0 Å². The summed E-state index contributed by atoms with van der Waals surface area (Å²) in [6, 6.07) is 0. The van der Waals surface area contributed by atoms with Crippen molar-refractivity contribution >= 4 is 60.2 Å². The quantitative estimate of drug-likeness (QED) is 0.110. The van der Waals surface area contributed by atoms with Crippen LogP contribution in [0.25, 0.3) is 0 Å². The zero-order chi connectivity index (χ0) is 24.9. The van der Waals surface area contributed by atoms with E-state index in [-0.39, 0.29) is 81.3 Å². The van der Waals surface area contributed by atoms with Crippen molar-refractivity contribution in [3.05, 3.63) is 0 Å². The van der Waals surface area contributed by atoms with Crippen molar-refractivity contribution in [2.45, 2.75) is 36.6 Å². The molecule has 0 heterocycles. The minimum absolute atomic E-state index is 0. The largest absolute Gasteiger partial charge is 3.00 e. The summed E-state index contributed by atoms with van der Waals surface area (Å²) < 4.78 is 0. The fraction of sp³-hybridized carbons (Fsp3) is 0.500. The molecule has 6 atom stereocenters. The van der Waals surface area contributed by atoms with Crippen molar-refractivity contribution in [3.8, 4) is 0 Å². The second kappa shape index (κ2) is 22.8. The van der Waals surface area contributed by atoms with Gasteiger partial charge in [0.2, 0.25) is 0 Å². The van der Waals surface area contributed by atoms with E-state index >= 15 is 0 Å². The molecule has 0 saturated carbocycles. The van der Waals surface area contributed by atoms with Crippen LogP contribution in [-0.4, -0.2) is 143 Å². The van der Waals surface area contributed by atoms with Crippen LogP contribution in [0.15, 0.2) is 0 Å². The predicted molar refractivity (Wildman–Crippen MR) is 80.7 cm³/mol. The first-order valence-corrected chi connectivity index (χ1v) is 6.77. The third-order valence-electron chi connectivity index (χ3n) is 2.37. The molecule has 2 radical (unpaired) electrons. The number of hydrogen-bond acceptors (Lipinski definition) is 16. The van der Waals surface area contributed by atoms with E-state index in [9.17, 15) is 49.2 Å². The number of carbonyl (C=O) groups is 6. The average molecular weight is 625 g/mol. The number of rotatable bonds is 9. The number of aliphatic hydroxyl groups is 6. The maximum absolute atomic E-state index is 9.77. The van der Waals surface area contributed by atoms with Crippen LogP contribution < -0.4 is 71.8 Å². The van der Waals surface area contributed by atoms with E-state index in [4.69, 9.17) is 40.9 Å². The van der Waals surface area contributed by atoms with Crippen molar-refractivity contribution in [3.63, 3.8) is 0 Å². The number of aliphatic carboxylic acids is 6. The standard InChI is InChI=1S/3C4H6O6.K.H2O.Sb/c3*5-1(3(7)8)2(6)4(9)10;;;/h3*1-2,5-6H,(H,7,8)(H,9,10);;1H2;/q;;;+1;;+3/p-4. The maximum Gasteiger partial charge on any atom is 3.00 e. The summed E-state index contributed by atoms with van der Waals surface area (Å²) in [6.45, 7) is 0. The van der Waals surface area contributed by atoms with Gasteiger partial charge in [0.25, 0.3) is 0 Å². The second-order valence-electron chi connectivity index (χ2n) is 4.62. The summed E-state index contributed by atoms with van der Waals surface area (Å²) in [5.74, 6) is -11.8. The molecule has 0 aliphatic heterocycles. The first kappa shape index (κ1) is 45.5. The van der Waals surface area contributed by atoms with E-state index in [0.29, 0.717) is 0 Å². The molecule has 0 rings (SSSR count). The Labute approximate surface area is 241 Å². The van der Waals surface area contributed by atoms with E-state index in [2.05, 4.69) is 0 Å². The van der Waals surface area contributed by atoms with Gasteiger partial charge in [-0.1, -0.05) is 0 Å². The number of hydrogen-bond donors (Lipinski definition) is 8. The fourth-order valence-electron chi connectivity index (χ4n) is 0.786. The van der Waals surface area contributed by atoms with Crippen LogP contribution >= 0.6 is 0 Å².